The van der Waals surface area contributed by atoms with E-state index in [1.807, 2.05) is 19.1 Å². The fourth-order valence-electron chi connectivity index (χ4n) is 3.75. The Morgan fingerprint density at radius 1 is 1.09 bits per heavy atom. The topological polar surface area (TPSA) is 125 Å². The number of hydrogen-bond acceptors (Lipinski definition) is 6. The monoisotopic (exact) mass is 486 g/mol. The van der Waals surface area contributed by atoms with Gasteiger partial charge in [-0.05, 0) is 44.2 Å². The fourth-order valence-corrected chi connectivity index (χ4v) is 5.20. The molecular formula is C23H26N4O6S. The first-order valence-electron chi connectivity index (χ1n) is 10.9. The molecule has 0 aromatic heterocycles. The predicted octanol–water partition coefficient (Wildman–Crippen LogP) is 0.977. The van der Waals surface area contributed by atoms with Crippen LogP contribution in [0.3, 0.4) is 0 Å². The van der Waals surface area contributed by atoms with Crippen molar-refractivity contribution in [3.63, 3.8) is 0 Å². The van der Waals surface area contributed by atoms with E-state index >= 15 is 0 Å². The minimum atomic E-state index is -3.82. The molecule has 1 atom stereocenters. The Labute approximate surface area is 197 Å². The molecule has 3 amide bonds. The lowest BCUT2D eigenvalue weighted by molar-refractivity contribution is -0.131. The molecule has 2 aliphatic rings. The van der Waals surface area contributed by atoms with Gasteiger partial charge in [0.1, 0.15) is 5.75 Å². The van der Waals surface area contributed by atoms with Crippen LogP contribution in [0.1, 0.15) is 22.8 Å². The Kier molecular flexibility index (Phi) is 6.58. The van der Waals surface area contributed by atoms with E-state index in [9.17, 15) is 22.8 Å². The average molecular weight is 487 g/mol. The molecule has 2 heterocycles. The van der Waals surface area contributed by atoms with E-state index in [0.29, 0.717) is 17.0 Å². The lowest BCUT2D eigenvalue weighted by Gasteiger charge is -2.34. The molecule has 2 aromatic rings. The molecule has 1 fully saturated rings. The van der Waals surface area contributed by atoms with Gasteiger partial charge >= 0.3 is 0 Å². The van der Waals surface area contributed by atoms with E-state index in [-0.39, 0.29) is 55.3 Å². The van der Waals surface area contributed by atoms with Gasteiger partial charge in [-0.2, -0.15) is 4.31 Å². The quantitative estimate of drug-likeness (QED) is 0.649. The van der Waals surface area contributed by atoms with Crippen LogP contribution in [-0.2, 0) is 19.6 Å². The molecule has 0 bridgehead atoms. The third-order valence-electron chi connectivity index (χ3n) is 5.82. The maximum atomic E-state index is 13.1. The summed E-state index contributed by atoms with van der Waals surface area (Å²) in [6, 6.07) is 11.4. The van der Waals surface area contributed by atoms with E-state index in [4.69, 9.17) is 4.74 Å². The molecule has 2 aliphatic heterocycles. The summed E-state index contributed by atoms with van der Waals surface area (Å²) < 4.78 is 33.0. The number of nitrogens with one attached hydrogen (secondary N) is 2. The number of nitrogens with zero attached hydrogens (tertiary/aromatic N) is 2. The number of rotatable bonds is 5. The molecule has 0 saturated carbocycles. The van der Waals surface area contributed by atoms with E-state index in [1.54, 1.807) is 19.1 Å². The van der Waals surface area contributed by atoms with Gasteiger partial charge in [0, 0.05) is 31.7 Å². The first-order chi connectivity index (χ1) is 16.1. The molecule has 4 rings (SSSR count). The summed E-state index contributed by atoms with van der Waals surface area (Å²) in [5.74, 6) is -0.550. The first kappa shape index (κ1) is 23.7. The number of carbonyl (C=O) groups is 3. The van der Waals surface area contributed by atoms with Crippen LogP contribution in [0.25, 0.3) is 0 Å². The molecule has 1 saturated heterocycles. The lowest BCUT2D eigenvalue weighted by Crippen LogP contribution is -2.52. The van der Waals surface area contributed by atoms with Crippen LogP contribution >= 0.6 is 0 Å². The number of carbonyl (C=O) groups excluding carboxylic acids is 3. The first-order valence-corrected chi connectivity index (χ1v) is 12.3. The summed E-state index contributed by atoms with van der Waals surface area (Å²) in [5.41, 5.74) is 1.81. The Morgan fingerprint density at radius 2 is 1.76 bits per heavy atom. The van der Waals surface area contributed by atoms with E-state index in [2.05, 4.69) is 10.6 Å². The number of hydrogen-bond donors (Lipinski definition) is 2. The number of amides is 3. The van der Waals surface area contributed by atoms with Gasteiger partial charge in [-0.3, -0.25) is 14.4 Å². The largest absolute Gasteiger partial charge is 0.479 e. The molecule has 0 unspecified atom stereocenters. The van der Waals surface area contributed by atoms with Gasteiger partial charge in [-0.25, -0.2) is 8.42 Å². The summed E-state index contributed by atoms with van der Waals surface area (Å²) >= 11 is 0. The molecule has 10 nitrogen and oxygen atoms in total. The van der Waals surface area contributed by atoms with Crippen LogP contribution in [-0.4, -0.2) is 74.2 Å². The molecule has 2 N–H and O–H groups in total. The highest BCUT2D eigenvalue weighted by atomic mass is 32.2. The van der Waals surface area contributed by atoms with Crippen molar-refractivity contribution < 1.29 is 27.5 Å². The summed E-state index contributed by atoms with van der Waals surface area (Å²) in [6.07, 6.45) is -0.651. The number of aryl methyl sites for hydroxylation is 1. The Morgan fingerprint density at radius 3 is 2.44 bits per heavy atom. The molecule has 2 aromatic carbocycles. The van der Waals surface area contributed by atoms with Crippen LogP contribution in [0.4, 0.5) is 5.69 Å². The molecule has 180 valence electrons. The van der Waals surface area contributed by atoms with Crippen molar-refractivity contribution in [2.75, 3.05) is 38.0 Å². The van der Waals surface area contributed by atoms with Gasteiger partial charge in [-0.15, -0.1) is 0 Å². The van der Waals surface area contributed by atoms with Crippen LogP contribution in [0.2, 0.25) is 0 Å². The third kappa shape index (κ3) is 4.90. The Bertz CT molecular complexity index is 1220. The maximum absolute atomic E-state index is 13.1. The molecule has 0 aliphatic carbocycles. The van der Waals surface area contributed by atoms with Gasteiger partial charge in [0.05, 0.1) is 17.1 Å². The van der Waals surface area contributed by atoms with E-state index in [1.165, 1.54) is 27.4 Å². The van der Waals surface area contributed by atoms with Crippen molar-refractivity contribution in [3.05, 3.63) is 53.6 Å². The van der Waals surface area contributed by atoms with Crippen molar-refractivity contribution in [2.24, 2.45) is 0 Å². The molecule has 0 spiro atoms. The predicted molar refractivity (Wildman–Crippen MR) is 124 cm³/mol. The summed E-state index contributed by atoms with van der Waals surface area (Å²) in [4.78, 5) is 38.2. The van der Waals surface area contributed by atoms with Crippen molar-refractivity contribution in [1.82, 2.24) is 14.5 Å². The smallest absolute Gasteiger partial charge is 0.265 e. The lowest BCUT2D eigenvalue weighted by atomic mass is 10.1. The van der Waals surface area contributed by atoms with Crippen LogP contribution in [0.5, 0.6) is 5.75 Å². The van der Waals surface area contributed by atoms with Gasteiger partial charge in [0.25, 0.3) is 11.8 Å². The number of fused-ring (bicyclic) bond motifs is 1. The van der Waals surface area contributed by atoms with Crippen LogP contribution in [0, 0.1) is 6.92 Å². The van der Waals surface area contributed by atoms with Crippen molar-refractivity contribution >= 4 is 33.4 Å². The minimum absolute atomic E-state index is 0.0369. The summed E-state index contributed by atoms with van der Waals surface area (Å²) in [5, 5.41) is 5.26. The standard InChI is InChI=1S/C23H26N4O6S/c1-15-3-5-17(6-4-15)23(30)24-14-21(28)26-9-11-27(12-10-26)34(31,32)18-7-8-20-19(13-18)25-22(29)16(2)33-20/h3-8,13,16H,9-12,14H2,1-2H3,(H,24,30)(H,25,29)/t16-/m0/s1. The van der Waals surface area contributed by atoms with Gasteiger partial charge in [0.2, 0.25) is 15.9 Å². The molecule has 0 radical (unpaired) electrons. The normalized spacial score (nSPS) is 18.5. The number of sulfonamides is 1. The zero-order valence-corrected chi connectivity index (χ0v) is 19.7. The molecular weight excluding hydrogens is 460 g/mol. The summed E-state index contributed by atoms with van der Waals surface area (Å²) in [6.45, 7) is 4.03. The fraction of sp³-hybridized carbons (Fsp3) is 0.348. The zero-order chi connectivity index (χ0) is 24.5. The number of piperazine rings is 1. The zero-order valence-electron chi connectivity index (χ0n) is 18.9. The highest BCUT2D eigenvalue weighted by Gasteiger charge is 2.32. The molecule has 34 heavy (non-hydrogen) atoms. The highest BCUT2D eigenvalue weighted by molar-refractivity contribution is 7.89. The van der Waals surface area contributed by atoms with Gasteiger partial charge in [-0.1, -0.05) is 17.7 Å². The second-order valence-electron chi connectivity index (χ2n) is 8.24. The van der Waals surface area contributed by atoms with E-state index in [0.717, 1.165) is 5.56 Å². The number of ether oxygens (including phenoxy) is 1. The Balaban J connectivity index is 1.33. The van der Waals surface area contributed by atoms with E-state index < -0.39 is 16.1 Å². The number of anilines is 1. The minimum Gasteiger partial charge on any atom is -0.479 e. The van der Waals surface area contributed by atoms with Crippen molar-refractivity contribution in [3.8, 4) is 5.75 Å². The van der Waals surface area contributed by atoms with Gasteiger partial charge < -0.3 is 20.3 Å². The third-order valence-corrected chi connectivity index (χ3v) is 7.72. The number of benzene rings is 2. The summed E-state index contributed by atoms with van der Waals surface area (Å²) in [7, 11) is -3.82. The van der Waals surface area contributed by atoms with Crippen LogP contribution in [0.15, 0.2) is 47.4 Å². The van der Waals surface area contributed by atoms with Crippen molar-refractivity contribution in [2.45, 2.75) is 24.8 Å². The Hall–Kier alpha value is -3.44. The van der Waals surface area contributed by atoms with Crippen molar-refractivity contribution in [1.29, 1.82) is 0 Å². The highest BCUT2D eigenvalue weighted by Crippen LogP contribution is 2.32. The second kappa shape index (κ2) is 9.43. The average Bonchev–Trinajstić information content (AvgIpc) is 2.83. The van der Waals surface area contributed by atoms with Crippen LogP contribution < -0.4 is 15.4 Å². The SMILES string of the molecule is Cc1ccc(C(=O)NCC(=O)N2CCN(S(=O)(=O)c3ccc4c(c3)NC(=O)[C@H](C)O4)CC2)cc1. The molecule has 11 heteroatoms. The maximum Gasteiger partial charge on any atom is 0.265 e. The van der Waals surface area contributed by atoms with Gasteiger partial charge in [0.15, 0.2) is 6.10 Å². The second-order valence-corrected chi connectivity index (χ2v) is 10.2.